The van der Waals surface area contributed by atoms with E-state index in [0.29, 0.717) is 4.88 Å². The number of hydrogen-bond acceptors (Lipinski definition) is 4. The molecule has 0 unspecified atom stereocenters. The van der Waals surface area contributed by atoms with Crippen molar-refractivity contribution in [3.63, 3.8) is 0 Å². The van der Waals surface area contributed by atoms with Crippen molar-refractivity contribution in [3.8, 4) is 39.9 Å². The first-order valence-corrected chi connectivity index (χ1v) is 15.3. The van der Waals surface area contributed by atoms with Crippen molar-refractivity contribution < 1.29 is 9.53 Å². The monoisotopic (exact) mass is 548 g/mol. The van der Waals surface area contributed by atoms with Gasteiger partial charge >= 0.3 is 0 Å². The van der Waals surface area contributed by atoms with Crippen LogP contribution in [0.4, 0.5) is 0 Å². The second kappa shape index (κ2) is 12.1. The number of carbonyl (C=O) groups is 1. The predicted octanol–water partition coefficient (Wildman–Crippen LogP) is 9.08. The second-order valence-electron chi connectivity index (χ2n) is 9.95. The van der Waals surface area contributed by atoms with Gasteiger partial charge in [0.1, 0.15) is 0 Å². The van der Waals surface area contributed by atoms with Gasteiger partial charge in [0.15, 0.2) is 11.3 Å². The topological polar surface area (TPSA) is 26.3 Å². The van der Waals surface area contributed by atoms with Gasteiger partial charge in [0.05, 0.1) is 21.7 Å². The maximum absolute atomic E-state index is 11.1. The lowest BCUT2D eigenvalue weighted by Gasteiger charge is -2.33. The van der Waals surface area contributed by atoms with E-state index in [9.17, 15) is 4.79 Å². The molecule has 2 aromatic heterocycles. The van der Waals surface area contributed by atoms with Gasteiger partial charge in [0, 0.05) is 16.5 Å². The van der Waals surface area contributed by atoms with Crippen LogP contribution in [0.2, 0.25) is 0 Å². The molecule has 0 saturated heterocycles. The lowest BCUT2D eigenvalue weighted by atomic mass is 9.70. The summed E-state index contributed by atoms with van der Waals surface area (Å²) >= 11 is 3.01. The maximum atomic E-state index is 11.1. The van der Waals surface area contributed by atoms with E-state index >= 15 is 0 Å². The number of unbranched alkanes of at least 4 members (excludes halogenated alkanes) is 2. The minimum absolute atomic E-state index is 0.0359. The zero-order valence-corrected chi connectivity index (χ0v) is 24.4. The molecule has 0 bridgehead atoms. The molecule has 0 amide bonds. The molecule has 5 rings (SSSR count). The molecule has 0 aliphatic heterocycles. The van der Waals surface area contributed by atoms with Crippen LogP contribution < -0.4 is 4.74 Å². The highest BCUT2D eigenvalue weighted by molar-refractivity contribution is 7.14. The Kier molecular flexibility index (Phi) is 8.37. The number of aldehydes is 1. The molecule has 0 atom stereocenters. The van der Waals surface area contributed by atoms with Gasteiger partial charge in [-0.25, -0.2) is 0 Å². The smallest absolute Gasteiger partial charge is 0.174 e. The standard InChI is InChI=1S/C35H32O2S2/c1-4-6-20-35(21-7-5-2)32-22-25(8-12-27-14-15-29(24-36)38-27)10-17-30(32)31-18-11-26(23-33(31)35)9-13-28-16-19-34(37-3)39-28/h10-11,14-19,22-24H,4-7,20-21H2,1-3H3. The van der Waals surface area contributed by atoms with E-state index in [0.717, 1.165) is 57.9 Å². The minimum atomic E-state index is -0.0359. The van der Waals surface area contributed by atoms with Crippen molar-refractivity contribution in [2.75, 3.05) is 7.11 Å². The van der Waals surface area contributed by atoms with Crippen LogP contribution in [0.15, 0.2) is 60.7 Å². The van der Waals surface area contributed by atoms with Gasteiger partial charge in [-0.2, -0.15) is 0 Å². The van der Waals surface area contributed by atoms with Crippen LogP contribution in [0.25, 0.3) is 11.1 Å². The van der Waals surface area contributed by atoms with E-state index in [1.54, 1.807) is 18.4 Å². The Morgan fingerprint density at radius 2 is 1.31 bits per heavy atom. The molecule has 196 valence electrons. The van der Waals surface area contributed by atoms with Crippen molar-refractivity contribution in [2.45, 2.75) is 57.8 Å². The van der Waals surface area contributed by atoms with Gasteiger partial charge in [0.25, 0.3) is 0 Å². The van der Waals surface area contributed by atoms with Crippen LogP contribution in [0.1, 0.15) is 94.1 Å². The van der Waals surface area contributed by atoms with Crippen LogP contribution in [-0.2, 0) is 5.41 Å². The number of fused-ring (bicyclic) bond motifs is 3. The van der Waals surface area contributed by atoms with Gasteiger partial charge in [-0.3, -0.25) is 4.79 Å². The Hall–Kier alpha value is -3.57. The number of methoxy groups -OCH3 is 1. The summed E-state index contributed by atoms with van der Waals surface area (Å²) in [5.41, 5.74) is 7.50. The van der Waals surface area contributed by atoms with E-state index in [4.69, 9.17) is 4.74 Å². The fraction of sp³-hybridized carbons (Fsp3) is 0.286. The van der Waals surface area contributed by atoms with Crippen LogP contribution in [0.5, 0.6) is 5.06 Å². The average molecular weight is 549 g/mol. The lowest BCUT2D eigenvalue weighted by Crippen LogP contribution is -2.25. The normalized spacial score (nSPS) is 12.5. The third-order valence-electron chi connectivity index (χ3n) is 7.46. The van der Waals surface area contributed by atoms with Crippen LogP contribution >= 0.6 is 22.7 Å². The quantitative estimate of drug-likeness (QED) is 0.162. The number of carbonyl (C=O) groups excluding carboxylic acids is 1. The van der Waals surface area contributed by atoms with E-state index < -0.39 is 0 Å². The fourth-order valence-corrected chi connectivity index (χ4v) is 6.87. The van der Waals surface area contributed by atoms with Crippen LogP contribution in [-0.4, -0.2) is 13.4 Å². The third kappa shape index (κ3) is 5.60. The van der Waals surface area contributed by atoms with Gasteiger partial charge in [-0.1, -0.05) is 86.7 Å². The number of benzene rings is 2. The van der Waals surface area contributed by atoms with Crippen molar-refractivity contribution >= 4 is 29.0 Å². The number of ether oxygens (including phenoxy) is 1. The molecule has 0 fully saturated rings. The second-order valence-corrected chi connectivity index (χ2v) is 12.1. The highest BCUT2D eigenvalue weighted by atomic mass is 32.1. The molecule has 0 spiro atoms. The highest BCUT2D eigenvalue weighted by Crippen LogP contribution is 2.54. The summed E-state index contributed by atoms with van der Waals surface area (Å²) in [7, 11) is 1.69. The summed E-state index contributed by atoms with van der Waals surface area (Å²) in [5, 5.41) is 0.879. The van der Waals surface area contributed by atoms with Gasteiger partial charge < -0.3 is 4.74 Å². The Balaban J connectivity index is 1.58. The average Bonchev–Trinajstić information content (AvgIpc) is 3.70. The van der Waals surface area contributed by atoms with Crippen LogP contribution in [0.3, 0.4) is 0 Å². The number of thiophene rings is 2. The third-order valence-corrected chi connectivity index (χ3v) is 9.35. The molecule has 2 heterocycles. The first-order chi connectivity index (χ1) is 19.1. The van der Waals surface area contributed by atoms with E-state index in [1.807, 2.05) is 24.3 Å². The largest absolute Gasteiger partial charge is 0.487 e. The SMILES string of the molecule is CCCCC1(CCCC)c2cc(C#Cc3ccc(C=O)s3)ccc2-c2ccc(C#Cc3ccc(OC)s3)cc21. The summed E-state index contributed by atoms with van der Waals surface area (Å²) in [6, 6.07) is 21.2. The lowest BCUT2D eigenvalue weighted by molar-refractivity contribution is 0.112. The molecule has 39 heavy (non-hydrogen) atoms. The summed E-state index contributed by atoms with van der Waals surface area (Å²) in [6.07, 6.45) is 7.79. The van der Waals surface area contributed by atoms with Crippen molar-refractivity contribution in [2.24, 2.45) is 0 Å². The van der Waals surface area contributed by atoms with Crippen molar-refractivity contribution in [1.82, 2.24) is 0 Å². The molecule has 0 N–H and O–H groups in total. The van der Waals surface area contributed by atoms with Crippen LogP contribution in [0, 0.1) is 23.7 Å². The van der Waals surface area contributed by atoms with E-state index in [2.05, 4.69) is 73.9 Å². The minimum Gasteiger partial charge on any atom is -0.487 e. The maximum Gasteiger partial charge on any atom is 0.174 e. The molecule has 2 nitrogen and oxygen atoms in total. The van der Waals surface area contributed by atoms with E-state index in [-0.39, 0.29) is 5.41 Å². The zero-order chi connectivity index (χ0) is 27.2. The molecule has 2 aromatic carbocycles. The van der Waals surface area contributed by atoms with Gasteiger partial charge in [0.2, 0.25) is 0 Å². The molecule has 0 saturated carbocycles. The first-order valence-electron chi connectivity index (χ1n) is 13.6. The molecular weight excluding hydrogens is 517 g/mol. The molecule has 1 aliphatic rings. The summed E-state index contributed by atoms with van der Waals surface area (Å²) in [5.74, 6) is 13.4. The first kappa shape index (κ1) is 27.0. The summed E-state index contributed by atoms with van der Waals surface area (Å²) in [6.45, 7) is 4.55. The van der Waals surface area contributed by atoms with Crippen molar-refractivity contribution in [1.29, 1.82) is 0 Å². The fourth-order valence-electron chi connectivity index (χ4n) is 5.52. The molecule has 0 radical (unpaired) electrons. The van der Waals surface area contributed by atoms with Crippen molar-refractivity contribution in [3.05, 3.63) is 97.5 Å². The van der Waals surface area contributed by atoms with E-state index in [1.165, 1.54) is 46.4 Å². The highest BCUT2D eigenvalue weighted by Gasteiger charge is 2.42. The molecule has 1 aliphatic carbocycles. The van der Waals surface area contributed by atoms with Gasteiger partial charge in [-0.15, -0.1) is 11.3 Å². The Labute approximate surface area is 240 Å². The molecule has 4 heteroatoms. The zero-order valence-electron chi connectivity index (χ0n) is 22.7. The number of rotatable bonds is 8. The van der Waals surface area contributed by atoms with Gasteiger partial charge in [-0.05, 0) is 83.6 Å². The molecular formula is C35H32O2S2. The summed E-state index contributed by atoms with van der Waals surface area (Å²) < 4.78 is 5.33. The Bertz CT molecular complexity index is 1610. The summed E-state index contributed by atoms with van der Waals surface area (Å²) in [4.78, 5) is 13.7. The Morgan fingerprint density at radius 1 is 0.744 bits per heavy atom. The Morgan fingerprint density at radius 3 is 1.79 bits per heavy atom. The predicted molar refractivity (Wildman–Crippen MR) is 164 cm³/mol. The molecule has 4 aromatic rings. The number of hydrogen-bond donors (Lipinski definition) is 0.